The number of likely N-dealkylation sites (tertiary alicyclic amines) is 1. The highest BCUT2D eigenvalue weighted by atomic mass is 79.9. The van der Waals surface area contributed by atoms with E-state index in [1.807, 2.05) is 55.6 Å². The first-order valence-electron chi connectivity index (χ1n) is 8.72. The fourth-order valence-corrected chi connectivity index (χ4v) is 3.58. The van der Waals surface area contributed by atoms with Gasteiger partial charge in [-0.1, -0.05) is 28.1 Å². The lowest BCUT2D eigenvalue weighted by molar-refractivity contribution is 0.128. The molecule has 0 aromatic heterocycles. The van der Waals surface area contributed by atoms with Crippen molar-refractivity contribution >= 4 is 22.0 Å². The van der Waals surface area contributed by atoms with E-state index in [1.54, 1.807) is 4.90 Å². The lowest BCUT2D eigenvalue weighted by atomic mass is 10.1. The molecule has 1 unspecified atom stereocenters. The Bertz CT molecular complexity index is 734. The van der Waals surface area contributed by atoms with Crippen LogP contribution in [0.5, 0.6) is 11.5 Å². The summed E-state index contributed by atoms with van der Waals surface area (Å²) in [6.45, 7) is 2.18. The molecule has 3 rings (SSSR count). The first-order chi connectivity index (χ1) is 12.5. The maximum atomic E-state index is 11.2. The highest BCUT2D eigenvalue weighted by Crippen LogP contribution is 2.24. The third-order valence-electron chi connectivity index (χ3n) is 4.57. The Morgan fingerprint density at radius 3 is 2.42 bits per heavy atom. The number of halogens is 1. The molecule has 1 atom stereocenters. The van der Waals surface area contributed by atoms with Crippen LogP contribution in [0.2, 0.25) is 0 Å². The maximum absolute atomic E-state index is 11.2. The van der Waals surface area contributed by atoms with Crippen LogP contribution in [0.15, 0.2) is 53.0 Å². The lowest BCUT2D eigenvalue weighted by Crippen LogP contribution is -2.41. The molecule has 1 heterocycles. The molecule has 138 valence electrons. The molecule has 2 aromatic carbocycles. The number of hydrogen-bond donors (Lipinski definition) is 1. The summed E-state index contributed by atoms with van der Waals surface area (Å²) in [5.74, 6) is 1.60. The van der Waals surface area contributed by atoms with Gasteiger partial charge in [-0.25, -0.2) is 4.79 Å². The van der Waals surface area contributed by atoms with E-state index in [0.717, 1.165) is 41.9 Å². The minimum Gasteiger partial charge on any atom is -0.465 e. The first kappa shape index (κ1) is 18.7. The standard InChI is InChI=1S/C20H23BrN2O3/c1-22(14-17-3-2-12-23(17)20(24)25)13-15-4-8-18(9-5-15)26-19-10-6-16(21)7-11-19/h4-11,17H,2-3,12-14H2,1H3,(H,24,25). The van der Waals surface area contributed by atoms with Crippen molar-refractivity contribution in [1.29, 1.82) is 0 Å². The van der Waals surface area contributed by atoms with E-state index in [-0.39, 0.29) is 6.04 Å². The van der Waals surface area contributed by atoms with Gasteiger partial charge in [-0.05, 0) is 61.9 Å². The molecule has 1 aliphatic rings. The van der Waals surface area contributed by atoms with Crippen molar-refractivity contribution in [3.05, 3.63) is 58.6 Å². The van der Waals surface area contributed by atoms with E-state index in [9.17, 15) is 9.90 Å². The summed E-state index contributed by atoms with van der Waals surface area (Å²) in [5.41, 5.74) is 1.18. The van der Waals surface area contributed by atoms with Gasteiger partial charge < -0.3 is 19.6 Å². The molecule has 0 radical (unpaired) electrons. The smallest absolute Gasteiger partial charge is 0.407 e. The first-order valence-corrected chi connectivity index (χ1v) is 9.51. The van der Waals surface area contributed by atoms with Crippen molar-refractivity contribution in [2.45, 2.75) is 25.4 Å². The molecule has 1 saturated heterocycles. The van der Waals surface area contributed by atoms with Crippen molar-refractivity contribution in [3.63, 3.8) is 0 Å². The fourth-order valence-electron chi connectivity index (χ4n) is 3.31. The van der Waals surface area contributed by atoms with Gasteiger partial charge in [-0.3, -0.25) is 0 Å². The van der Waals surface area contributed by atoms with Crippen LogP contribution >= 0.6 is 15.9 Å². The number of amides is 1. The van der Waals surface area contributed by atoms with Gasteiger partial charge in [-0.15, -0.1) is 0 Å². The summed E-state index contributed by atoms with van der Waals surface area (Å²) in [6.07, 6.45) is 1.08. The van der Waals surface area contributed by atoms with Crippen LogP contribution in [-0.4, -0.2) is 47.2 Å². The van der Waals surface area contributed by atoms with Crippen LogP contribution in [0.1, 0.15) is 18.4 Å². The van der Waals surface area contributed by atoms with E-state index in [4.69, 9.17) is 4.74 Å². The molecular formula is C20H23BrN2O3. The third-order valence-corrected chi connectivity index (χ3v) is 5.10. The number of rotatable bonds is 6. The van der Waals surface area contributed by atoms with E-state index in [2.05, 4.69) is 20.8 Å². The maximum Gasteiger partial charge on any atom is 0.407 e. The van der Waals surface area contributed by atoms with E-state index < -0.39 is 6.09 Å². The number of hydrogen-bond acceptors (Lipinski definition) is 3. The van der Waals surface area contributed by atoms with Gasteiger partial charge in [0.25, 0.3) is 0 Å². The van der Waals surface area contributed by atoms with E-state index >= 15 is 0 Å². The molecule has 6 heteroatoms. The molecule has 1 amide bonds. The van der Waals surface area contributed by atoms with Gasteiger partial charge in [-0.2, -0.15) is 0 Å². The van der Waals surface area contributed by atoms with Gasteiger partial charge in [0.2, 0.25) is 0 Å². The average Bonchev–Trinajstić information content (AvgIpc) is 3.07. The van der Waals surface area contributed by atoms with Crippen LogP contribution in [-0.2, 0) is 6.54 Å². The summed E-state index contributed by atoms with van der Waals surface area (Å²) in [4.78, 5) is 15.0. The Labute approximate surface area is 162 Å². The largest absolute Gasteiger partial charge is 0.465 e. The fraction of sp³-hybridized carbons (Fsp3) is 0.350. The van der Waals surface area contributed by atoms with Gasteiger partial charge in [0.1, 0.15) is 11.5 Å². The van der Waals surface area contributed by atoms with Gasteiger partial charge in [0.05, 0.1) is 0 Å². The number of nitrogens with zero attached hydrogens (tertiary/aromatic N) is 2. The van der Waals surface area contributed by atoms with Crippen LogP contribution in [0.25, 0.3) is 0 Å². The second-order valence-corrected chi connectivity index (χ2v) is 7.58. The highest BCUT2D eigenvalue weighted by Gasteiger charge is 2.29. The zero-order chi connectivity index (χ0) is 18.5. The minimum atomic E-state index is -0.810. The lowest BCUT2D eigenvalue weighted by Gasteiger charge is -2.26. The summed E-state index contributed by atoms with van der Waals surface area (Å²) in [5, 5.41) is 9.24. The summed E-state index contributed by atoms with van der Waals surface area (Å²) in [7, 11) is 2.03. The molecule has 5 nitrogen and oxygen atoms in total. The molecule has 0 saturated carbocycles. The van der Waals surface area contributed by atoms with Gasteiger partial charge in [0, 0.05) is 30.1 Å². The average molecular weight is 419 g/mol. The Morgan fingerprint density at radius 1 is 1.19 bits per heavy atom. The van der Waals surface area contributed by atoms with E-state index in [1.165, 1.54) is 5.56 Å². The summed E-state index contributed by atoms with van der Waals surface area (Å²) < 4.78 is 6.86. The predicted molar refractivity (Wildman–Crippen MR) is 105 cm³/mol. The molecule has 1 N–H and O–H groups in total. The second kappa shape index (κ2) is 8.56. The van der Waals surface area contributed by atoms with E-state index in [0.29, 0.717) is 6.54 Å². The molecule has 0 aliphatic carbocycles. The number of carbonyl (C=O) groups is 1. The molecule has 1 fully saturated rings. The van der Waals surface area contributed by atoms with Gasteiger partial charge >= 0.3 is 6.09 Å². The summed E-state index contributed by atoms with van der Waals surface area (Å²) in [6, 6.07) is 15.8. The zero-order valence-corrected chi connectivity index (χ0v) is 16.4. The zero-order valence-electron chi connectivity index (χ0n) is 14.8. The normalized spacial score (nSPS) is 16.9. The second-order valence-electron chi connectivity index (χ2n) is 6.67. The third kappa shape index (κ3) is 4.99. The molecule has 2 aromatic rings. The minimum absolute atomic E-state index is 0.0949. The van der Waals surface area contributed by atoms with Crippen LogP contribution in [0, 0.1) is 0 Å². The predicted octanol–water partition coefficient (Wildman–Crippen LogP) is 4.82. The Morgan fingerprint density at radius 2 is 1.81 bits per heavy atom. The number of benzene rings is 2. The molecule has 1 aliphatic heterocycles. The van der Waals surface area contributed by atoms with Crippen molar-refractivity contribution in [2.75, 3.05) is 20.1 Å². The van der Waals surface area contributed by atoms with Gasteiger partial charge in [0.15, 0.2) is 0 Å². The quantitative estimate of drug-likeness (QED) is 0.730. The highest BCUT2D eigenvalue weighted by molar-refractivity contribution is 9.10. The molecule has 0 bridgehead atoms. The number of carboxylic acid groups (broad SMARTS) is 1. The summed E-state index contributed by atoms with van der Waals surface area (Å²) >= 11 is 3.41. The van der Waals surface area contributed by atoms with Crippen molar-refractivity contribution < 1.29 is 14.6 Å². The van der Waals surface area contributed by atoms with Crippen molar-refractivity contribution in [1.82, 2.24) is 9.80 Å². The molecular weight excluding hydrogens is 396 g/mol. The topological polar surface area (TPSA) is 53.0 Å². The number of ether oxygens (including phenoxy) is 1. The van der Waals surface area contributed by atoms with Crippen molar-refractivity contribution in [2.24, 2.45) is 0 Å². The molecule has 26 heavy (non-hydrogen) atoms. The van der Waals surface area contributed by atoms with Crippen LogP contribution in [0.3, 0.4) is 0 Å². The number of likely N-dealkylation sites (N-methyl/N-ethyl adjacent to an activating group) is 1. The Kier molecular flexibility index (Phi) is 6.16. The van der Waals surface area contributed by atoms with Crippen LogP contribution < -0.4 is 4.74 Å². The molecule has 0 spiro atoms. The Balaban J connectivity index is 1.53. The SMILES string of the molecule is CN(Cc1ccc(Oc2ccc(Br)cc2)cc1)CC1CCCN1C(=O)O. The van der Waals surface area contributed by atoms with Crippen molar-refractivity contribution in [3.8, 4) is 11.5 Å². The monoisotopic (exact) mass is 418 g/mol. The van der Waals surface area contributed by atoms with Crippen LogP contribution in [0.4, 0.5) is 4.79 Å². The Hall–Kier alpha value is -2.05.